The van der Waals surface area contributed by atoms with Crippen LogP contribution in [0, 0.1) is 5.92 Å². The molecule has 0 fully saturated rings. The first-order chi connectivity index (χ1) is 8.21. The Labute approximate surface area is 116 Å². The fourth-order valence-corrected chi connectivity index (χ4v) is 1.71. The molecule has 0 radical (unpaired) electrons. The maximum Gasteiger partial charge on any atom is 0.251 e. The molecule has 1 aromatic carbocycles. The zero-order valence-corrected chi connectivity index (χ0v) is 11.9. The van der Waals surface area contributed by atoms with Crippen molar-refractivity contribution in [1.82, 2.24) is 5.32 Å². The lowest BCUT2D eigenvalue weighted by molar-refractivity contribution is 0.0946. The molecule has 0 saturated carbocycles. The summed E-state index contributed by atoms with van der Waals surface area (Å²) in [5.74, 6) is 0.572. The second kappa shape index (κ2) is 8.95. The van der Waals surface area contributed by atoms with Gasteiger partial charge in [0, 0.05) is 18.7 Å². The number of nitrogens with two attached hydrogens (primary N) is 1. The summed E-state index contributed by atoms with van der Waals surface area (Å²) in [7, 11) is 0. The molecule has 3 N–H and O–H groups in total. The molecule has 18 heavy (non-hydrogen) atoms. The average Bonchev–Trinajstić information content (AvgIpc) is 2.39. The molecule has 0 spiro atoms. The Kier molecular flexibility index (Phi) is 8.42. The second-order valence-corrected chi connectivity index (χ2v) is 4.29. The van der Waals surface area contributed by atoms with Gasteiger partial charge in [0.05, 0.1) is 0 Å². The summed E-state index contributed by atoms with van der Waals surface area (Å²) in [6.45, 7) is 5.56. The minimum Gasteiger partial charge on any atom is -0.352 e. The molecule has 1 aromatic rings. The predicted molar refractivity (Wildman–Crippen MR) is 78.0 cm³/mol. The van der Waals surface area contributed by atoms with Crippen LogP contribution in [0.1, 0.15) is 42.6 Å². The lowest BCUT2D eigenvalue weighted by atomic mass is 10.0. The zero-order valence-electron chi connectivity index (χ0n) is 11.1. The van der Waals surface area contributed by atoms with E-state index in [0.29, 0.717) is 18.0 Å². The second-order valence-electron chi connectivity index (χ2n) is 4.29. The highest BCUT2D eigenvalue weighted by Crippen LogP contribution is 2.07. The molecule has 0 atom stereocenters. The highest BCUT2D eigenvalue weighted by atomic mass is 35.5. The van der Waals surface area contributed by atoms with Crippen LogP contribution in [0.5, 0.6) is 0 Å². The molecule has 3 nitrogen and oxygen atoms in total. The zero-order chi connectivity index (χ0) is 12.7. The van der Waals surface area contributed by atoms with Gasteiger partial charge in [-0.15, -0.1) is 12.4 Å². The van der Waals surface area contributed by atoms with Crippen molar-refractivity contribution >= 4 is 18.3 Å². The van der Waals surface area contributed by atoms with E-state index in [1.54, 1.807) is 0 Å². The summed E-state index contributed by atoms with van der Waals surface area (Å²) < 4.78 is 0. The van der Waals surface area contributed by atoms with Crippen LogP contribution in [0.3, 0.4) is 0 Å². The molecule has 0 aliphatic heterocycles. The predicted octanol–water partition coefficient (Wildman–Crippen LogP) is 2.73. The van der Waals surface area contributed by atoms with Gasteiger partial charge in [0.2, 0.25) is 0 Å². The van der Waals surface area contributed by atoms with Crippen molar-refractivity contribution in [2.45, 2.75) is 33.2 Å². The maximum atomic E-state index is 11.8. The van der Waals surface area contributed by atoms with E-state index in [1.807, 2.05) is 24.3 Å². The SMILES string of the molecule is CCC(CC)CNC(=O)c1ccc(CN)cc1.Cl. The Balaban J connectivity index is 0.00000289. The first-order valence-corrected chi connectivity index (χ1v) is 6.28. The number of amides is 1. The summed E-state index contributed by atoms with van der Waals surface area (Å²) in [5.41, 5.74) is 7.25. The normalized spacial score (nSPS) is 10.0. The third kappa shape index (κ3) is 5.07. The standard InChI is InChI=1S/C14H22N2O.ClH/c1-3-11(4-2)10-16-14(17)13-7-5-12(9-15)6-8-13;/h5-8,11H,3-4,9-10,15H2,1-2H3,(H,16,17);1H. The number of hydrogen-bond acceptors (Lipinski definition) is 2. The largest absolute Gasteiger partial charge is 0.352 e. The molecule has 0 aliphatic rings. The molecular formula is C14H23ClN2O. The summed E-state index contributed by atoms with van der Waals surface area (Å²) in [4.78, 5) is 11.8. The number of carbonyl (C=O) groups excluding carboxylic acids is 1. The molecule has 4 heteroatoms. The number of carbonyl (C=O) groups is 1. The summed E-state index contributed by atoms with van der Waals surface area (Å²) in [6, 6.07) is 7.44. The maximum absolute atomic E-state index is 11.8. The van der Waals surface area contributed by atoms with Crippen molar-refractivity contribution in [2.75, 3.05) is 6.54 Å². The van der Waals surface area contributed by atoms with Gasteiger partial charge in [-0.3, -0.25) is 4.79 Å². The van der Waals surface area contributed by atoms with Crippen LogP contribution in [0.25, 0.3) is 0 Å². The van der Waals surface area contributed by atoms with Crippen molar-refractivity contribution in [1.29, 1.82) is 0 Å². The van der Waals surface area contributed by atoms with E-state index < -0.39 is 0 Å². The minimum atomic E-state index is 0. The lowest BCUT2D eigenvalue weighted by Crippen LogP contribution is -2.28. The molecule has 0 unspecified atom stereocenters. The number of rotatable bonds is 6. The Hall–Kier alpha value is -1.06. The Bertz CT molecular complexity index is 347. The number of halogens is 1. The van der Waals surface area contributed by atoms with Crippen LogP contribution in [-0.2, 0) is 6.54 Å². The van der Waals surface area contributed by atoms with Crippen LogP contribution in [0.4, 0.5) is 0 Å². The van der Waals surface area contributed by atoms with Gasteiger partial charge in [0.15, 0.2) is 0 Å². The smallest absolute Gasteiger partial charge is 0.251 e. The van der Waals surface area contributed by atoms with Crippen LogP contribution < -0.4 is 11.1 Å². The van der Waals surface area contributed by atoms with E-state index in [-0.39, 0.29) is 18.3 Å². The van der Waals surface area contributed by atoms with Gasteiger partial charge >= 0.3 is 0 Å². The van der Waals surface area contributed by atoms with Crippen molar-refractivity contribution in [3.05, 3.63) is 35.4 Å². The van der Waals surface area contributed by atoms with Crippen molar-refractivity contribution < 1.29 is 4.79 Å². The first-order valence-electron chi connectivity index (χ1n) is 6.28. The van der Waals surface area contributed by atoms with E-state index in [1.165, 1.54) is 0 Å². The van der Waals surface area contributed by atoms with E-state index in [2.05, 4.69) is 19.2 Å². The van der Waals surface area contributed by atoms with Gasteiger partial charge in [0.25, 0.3) is 5.91 Å². The summed E-state index contributed by atoms with van der Waals surface area (Å²) >= 11 is 0. The Morgan fingerprint density at radius 2 is 1.78 bits per heavy atom. The monoisotopic (exact) mass is 270 g/mol. The first kappa shape index (κ1) is 16.9. The van der Waals surface area contributed by atoms with Gasteiger partial charge < -0.3 is 11.1 Å². The molecule has 102 valence electrons. The van der Waals surface area contributed by atoms with Crippen LogP contribution in [0.2, 0.25) is 0 Å². The lowest BCUT2D eigenvalue weighted by Gasteiger charge is -2.13. The Morgan fingerprint density at radius 3 is 2.22 bits per heavy atom. The third-order valence-electron chi connectivity index (χ3n) is 3.16. The highest BCUT2D eigenvalue weighted by Gasteiger charge is 2.08. The van der Waals surface area contributed by atoms with Gasteiger partial charge in [-0.1, -0.05) is 38.8 Å². The summed E-state index contributed by atoms with van der Waals surface area (Å²) in [6.07, 6.45) is 2.20. The van der Waals surface area contributed by atoms with Gasteiger partial charge in [0.1, 0.15) is 0 Å². The fourth-order valence-electron chi connectivity index (χ4n) is 1.71. The third-order valence-corrected chi connectivity index (χ3v) is 3.16. The van der Waals surface area contributed by atoms with Crippen LogP contribution >= 0.6 is 12.4 Å². The van der Waals surface area contributed by atoms with Crippen LogP contribution in [0.15, 0.2) is 24.3 Å². The number of nitrogens with one attached hydrogen (secondary N) is 1. The van der Waals surface area contributed by atoms with Crippen molar-refractivity contribution in [2.24, 2.45) is 11.7 Å². The molecular weight excluding hydrogens is 248 g/mol. The van der Waals surface area contributed by atoms with Gasteiger partial charge in [-0.25, -0.2) is 0 Å². The van der Waals surface area contributed by atoms with Gasteiger partial charge in [-0.05, 0) is 23.6 Å². The molecule has 0 bridgehead atoms. The quantitative estimate of drug-likeness (QED) is 0.835. The Morgan fingerprint density at radius 1 is 1.22 bits per heavy atom. The number of benzene rings is 1. The van der Waals surface area contributed by atoms with Crippen molar-refractivity contribution in [3.8, 4) is 0 Å². The fraction of sp³-hybridized carbons (Fsp3) is 0.500. The molecule has 1 amide bonds. The van der Waals surface area contributed by atoms with E-state index in [4.69, 9.17) is 5.73 Å². The topological polar surface area (TPSA) is 55.1 Å². The molecule has 1 rings (SSSR count). The van der Waals surface area contributed by atoms with Crippen molar-refractivity contribution in [3.63, 3.8) is 0 Å². The summed E-state index contributed by atoms with van der Waals surface area (Å²) in [5, 5.41) is 2.97. The molecule has 0 saturated heterocycles. The molecule has 0 aromatic heterocycles. The van der Waals surface area contributed by atoms with Gasteiger partial charge in [-0.2, -0.15) is 0 Å². The van der Waals surface area contributed by atoms with Crippen LogP contribution in [-0.4, -0.2) is 12.5 Å². The van der Waals surface area contributed by atoms with E-state index in [0.717, 1.165) is 24.9 Å². The molecule has 0 aliphatic carbocycles. The average molecular weight is 271 g/mol. The van der Waals surface area contributed by atoms with E-state index >= 15 is 0 Å². The minimum absolute atomic E-state index is 0. The highest BCUT2D eigenvalue weighted by molar-refractivity contribution is 5.94. The van der Waals surface area contributed by atoms with E-state index in [9.17, 15) is 4.79 Å². The molecule has 0 heterocycles. The number of hydrogen-bond donors (Lipinski definition) is 2.